The van der Waals surface area contributed by atoms with E-state index in [1.807, 2.05) is 24.3 Å². The molecule has 6 heteroatoms. The fraction of sp³-hybridized carbons (Fsp3) is 0.333. The molecule has 0 radical (unpaired) electrons. The van der Waals surface area contributed by atoms with Gasteiger partial charge < -0.3 is 10.2 Å². The smallest absolute Gasteiger partial charge is 0.272 e. The van der Waals surface area contributed by atoms with Crippen LogP contribution in [0.2, 0.25) is 0 Å². The second-order valence-electron chi connectivity index (χ2n) is 8.44. The molecular formula is C24H25FN4O. The fourth-order valence-corrected chi connectivity index (χ4v) is 4.11. The summed E-state index contributed by atoms with van der Waals surface area (Å²) in [6.07, 6.45) is 3.09. The van der Waals surface area contributed by atoms with Crippen LogP contribution in [0.15, 0.2) is 53.8 Å². The Bertz CT molecular complexity index is 1160. The highest BCUT2D eigenvalue weighted by atomic mass is 19.1. The molecule has 30 heavy (non-hydrogen) atoms. The lowest BCUT2D eigenvalue weighted by Crippen LogP contribution is -2.49. The monoisotopic (exact) mass is 404 g/mol. The maximum Gasteiger partial charge on any atom is 0.272 e. The predicted molar refractivity (Wildman–Crippen MR) is 117 cm³/mol. The molecule has 2 aromatic carbocycles. The second-order valence-corrected chi connectivity index (χ2v) is 8.44. The molecule has 1 aliphatic carbocycles. The summed E-state index contributed by atoms with van der Waals surface area (Å²) in [5, 5.41) is 11.8. The summed E-state index contributed by atoms with van der Waals surface area (Å²) < 4.78 is 14.6. The van der Waals surface area contributed by atoms with Crippen molar-refractivity contribution in [2.45, 2.75) is 25.3 Å². The normalized spacial score (nSPS) is 16.6. The third-order valence-electron chi connectivity index (χ3n) is 6.10. The van der Waals surface area contributed by atoms with Gasteiger partial charge in [-0.1, -0.05) is 30.8 Å². The molecular weight excluding hydrogens is 379 g/mol. The number of hydrogen-bond donors (Lipinski definition) is 2. The first-order valence-electron chi connectivity index (χ1n) is 10.5. The Balaban J connectivity index is 1.32. The number of benzene rings is 2. The van der Waals surface area contributed by atoms with Gasteiger partial charge in [0.1, 0.15) is 5.82 Å². The van der Waals surface area contributed by atoms with Crippen LogP contribution in [-0.4, -0.2) is 40.8 Å². The molecule has 3 aromatic rings. The number of aromatic amines is 1. The average molecular weight is 404 g/mol. The van der Waals surface area contributed by atoms with Crippen molar-refractivity contribution in [2.24, 2.45) is 5.92 Å². The fourth-order valence-electron chi connectivity index (χ4n) is 4.11. The number of likely N-dealkylation sites (tertiary alicyclic amines) is 1. The first-order valence-corrected chi connectivity index (χ1v) is 10.5. The van der Waals surface area contributed by atoms with Crippen LogP contribution in [0.3, 0.4) is 0 Å². The van der Waals surface area contributed by atoms with Gasteiger partial charge in [0.2, 0.25) is 0 Å². The van der Waals surface area contributed by atoms with Gasteiger partial charge in [0.05, 0.1) is 11.1 Å². The topological polar surface area (TPSA) is 61.0 Å². The largest absolute Gasteiger partial charge is 0.371 e. The molecule has 0 amide bonds. The van der Waals surface area contributed by atoms with E-state index in [0.29, 0.717) is 29.3 Å². The first-order chi connectivity index (χ1) is 14.6. The van der Waals surface area contributed by atoms with Crippen molar-refractivity contribution in [3.05, 3.63) is 82.0 Å². The molecule has 2 N–H and O–H groups in total. The Morgan fingerprint density at radius 3 is 2.73 bits per heavy atom. The molecule has 1 aliphatic heterocycles. The Kier molecular flexibility index (Phi) is 4.87. The Hall–Kier alpha value is -2.99. The molecule has 1 saturated carbocycles. The maximum atomic E-state index is 14.6. The minimum absolute atomic E-state index is 0.203. The van der Waals surface area contributed by atoms with Crippen LogP contribution >= 0.6 is 0 Å². The zero-order valence-electron chi connectivity index (χ0n) is 16.8. The van der Waals surface area contributed by atoms with Crippen LogP contribution in [-0.2, 0) is 6.42 Å². The molecule has 0 atom stereocenters. The summed E-state index contributed by atoms with van der Waals surface area (Å²) in [7, 11) is 0. The van der Waals surface area contributed by atoms with Gasteiger partial charge in [-0.05, 0) is 36.6 Å². The molecule has 5 nitrogen and oxygen atoms in total. The van der Waals surface area contributed by atoms with E-state index in [2.05, 4.69) is 27.0 Å². The molecule has 0 bridgehead atoms. The van der Waals surface area contributed by atoms with E-state index < -0.39 is 0 Å². The van der Waals surface area contributed by atoms with Gasteiger partial charge in [-0.15, -0.1) is 0 Å². The summed E-state index contributed by atoms with van der Waals surface area (Å²) in [6, 6.07) is 13.2. The van der Waals surface area contributed by atoms with Crippen molar-refractivity contribution in [3.8, 4) is 0 Å². The van der Waals surface area contributed by atoms with E-state index >= 15 is 0 Å². The zero-order chi connectivity index (χ0) is 20.7. The van der Waals surface area contributed by atoms with Crippen molar-refractivity contribution in [1.82, 2.24) is 20.4 Å². The van der Waals surface area contributed by atoms with Crippen LogP contribution in [0.25, 0.3) is 16.5 Å². The average Bonchev–Trinajstić information content (AvgIpc) is 3.55. The van der Waals surface area contributed by atoms with Crippen LogP contribution in [0.4, 0.5) is 4.39 Å². The van der Waals surface area contributed by atoms with E-state index in [-0.39, 0.29) is 11.4 Å². The number of halogens is 1. The van der Waals surface area contributed by atoms with E-state index in [1.54, 1.807) is 12.1 Å². The molecule has 0 unspecified atom stereocenters. The van der Waals surface area contributed by atoms with Crippen LogP contribution in [0.1, 0.15) is 29.7 Å². The summed E-state index contributed by atoms with van der Waals surface area (Å²) in [4.78, 5) is 14.2. The summed E-state index contributed by atoms with van der Waals surface area (Å²) in [5.74, 6) is 0.341. The minimum Gasteiger partial charge on any atom is -0.371 e. The van der Waals surface area contributed by atoms with Crippen molar-refractivity contribution in [3.63, 3.8) is 0 Å². The summed E-state index contributed by atoms with van der Waals surface area (Å²) >= 11 is 0. The number of hydrogen-bond acceptors (Lipinski definition) is 4. The van der Waals surface area contributed by atoms with E-state index in [9.17, 15) is 9.18 Å². The van der Waals surface area contributed by atoms with Crippen molar-refractivity contribution >= 4 is 16.5 Å². The van der Waals surface area contributed by atoms with E-state index in [0.717, 1.165) is 42.0 Å². The predicted octanol–water partition coefficient (Wildman–Crippen LogP) is 3.31. The number of aromatic nitrogens is 2. The van der Waals surface area contributed by atoms with Crippen LogP contribution in [0.5, 0.6) is 0 Å². The zero-order valence-corrected chi connectivity index (χ0v) is 16.8. The van der Waals surface area contributed by atoms with Gasteiger partial charge in [-0.2, -0.15) is 5.10 Å². The molecule has 1 aromatic heterocycles. The lowest BCUT2D eigenvalue weighted by molar-refractivity contribution is 0.171. The van der Waals surface area contributed by atoms with Gasteiger partial charge in [0, 0.05) is 54.7 Å². The Labute approximate surface area is 174 Å². The Morgan fingerprint density at radius 2 is 1.97 bits per heavy atom. The van der Waals surface area contributed by atoms with Gasteiger partial charge in [-0.25, -0.2) is 9.49 Å². The molecule has 2 heterocycles. The third kappa shape index (κ3) is 3.75. The van der Waals surface area contributed by atoms with Gasteiger partial charge in [0.25, 0.3) is 5.56 Å². The van der Waals surface area contributed by atoms with Gasteiger partial charge in [0.15, 0.2) is 0 Å². The van der Waals surface area contributed by atoms with E-state index in [4.69, 9.17) is 0 Å². The van der Waals surface area contributed by atoms with Crippen molar-refractivity contribution in [1.29, 1.82) is 0 Å². The minimum atomic E-state index is -0.261. The molecule has 0 spiro atoms. The van der Waals surface area contributed by atoms with Gasteiger partial charge in [-0.3, -0.25) is 4.79 Å². The van der Waals surface area contributed by atoms with E-state index in [1.165, 1.54) is 18.9 Å². The number of nitrogens with zero attached hydrogens (tertiary/aromatic N) is 2. The highest BCUT2D eigenvalue weighted by molar-refractivity contribution is 5.83. The number of nitrogens with one attached hydrogen (secondary N) is 2. The number of H-pyrrole nitrogens is 1. The van der Waals surface area contributed by atoms with Gasteiger partial charge >= 0.3 is 0 Å². The number of rotatable bonds is 7. The highest BCUT2D eigenvalue weighted by Crippen LogP contribution is 2.30. The lowest BCUT2D eigenvalue weighted by atomic mass is 9.96. The van der Waals surface area contributed by atoms with Crippen molar-refractivity contribution < 1.29 is 4.39 Å². The summed E-state index contributed by atoms with van der Waals surface area (Å²) in [6.45, 7) is 7.01. The Morgan fingerprint density at radius 1 is 1.20 bits per heavy atom. The standard InChI is InChI=1S/C24H25FN4O/c1-15(29-13-17(14-29)12-26-18-7-8-18)21-10-16(6-9-22(21)25)11-23-19-4-2-3-5-20(19)24(30)28-27-23/h2-6,9-10,17-18,26H,1,7-8,11-14H2,(H,28,30). The quantitative estimate of drug-likeness (QED) is 0.634. The molecule has 1 saturated heterocycles. The SMILES string of the molecule is C=C(c1cc(Cc2n[nH]c(=O)c3ccccc23)ccc1F)N1CC(CNC2CC2)C1. The summed E-state index contributed by atoms with van der Waals surface area (Å²) in [5.41, 5.74) is 2.77. The lowest BCUT2D eigenvalue weighted by Gasteiger charge is -2.42. The first kappa shape index (κ1) is 19.0. The highest BCUT2D eigenvalue weighted by Gasteiger charge is 2.30. The molecule has 2 fully saturated rings. The second kappa shape index (κ2) is 7.69. The van der Waals surface area contributed by atoms with Crippen molar-refractivity contribution in [2.75, 3.05) is 19.6 Å². The third-order valence-corrected chi connectivity index (χ3v) is 6.10. The number of fused-ring (bicyclic) bond motifs is 1. The van der Waals surface area contributed by atoms with Crippen LogP contribution in [0, 0.1) is 11.7 Å². The molecule has 5 rings (SSSR count). The molecule has 154 valence electrons. The van der Waals surface area contributed by atoms with Crippen LogP contribution < -0.4 is 10.9 Å². The maximum absolute atomic E-state index is 14.6. The molecule has 2 aliphatic rings.